The zero-order valence-electron chi connectivity index (χ0n) is 12.4. The third-order valence-corrected chi connectivity index (χ3v) is 2.49. The molecule has 0 fully saturated rings. The summed E-state index contributed by atoms with van der Waals surface area (Å²) in [5.74, 6) is 0.223. The van der Waals surface area contributed by atoms with Crippen LogP contribution < -0.4 is 16.0 Å². The normalized spacial score (nSPS) is 12.3. The molecular formula is C13H27N3O3. The number of amides is 2. The summed E-state index contributed by atoms with van der Waals surface area (Å²) in [4.78, 5) is 23.1. The summed E-state index contributed by atoms with van der Waals surface area (Å²) in [7, 11) is 1.63. The van der Waals surface area contributed by atoms with Gasteiger partial charge in [0.15, 0.2) is 0 Å². The van der Waals surface area contributed by atoms with Gasteiger partial charge in [0.1, 0.15) is 0 Å². The highest BCUT2D eigenvalue weighted by Crippen LogP contribution is 1.89. The van der Waals surface area contributed by atoms with E-state index in [0.29, 0.717) is 25.6 Å². The lowest BCUT2D eigenvalue weighted by Crippen LogP contribution is -2.46. The molecule has 0 aliphatic carbocycles. The fraction of sp³-hybridized carbons (Fsp3) is 0.846. The first kappa shape index (κ1) is 17.9. The lowest BCUT2D eigenvalue weighted by atomic mass is 10.2. The molecule has 0 saturated heterocycles. The monoisotopic (exact) mass is 273 g/mol. The number of nitrogens with one attached hydrogen (secondary N) is 3. The van der Waals surface area contributed by atoms with E-state index >= 15 is 0 Å². The van der Waals surface area contributed by atoms with E-state index in [1.807, 2.05) is 13.8 Å². The second-order valence-corrected chi connectivity index (χ2v) is 4.94. The number of methoxy groups -OCH3 is 1. The summed E-state index contributed by atoms with van der Waals surface area (Å²) < 4.78 is 4.88. The minimum Gasteiger partial charge on any atom is -0.385 e. The Morgan fingerprint density at radius 2 is 1.84 bits per heavy atom. The number of hydrogen-bond acceptors (Lipinski definition) is 4. The van der Waals surface area contributed by atoms with Gasteiger partial charge in [0.2, 0.25) is 11.8 Å². The second kappa shape index (κ2) is 10.8. The lowest BCUT2D eigenvalue weighted by molar-refractivity contribution is -0.123. The SMILES string of the molecule is COCCCNC(=O)CNC(C)C(=O)NCC(C)C. The molecule has 0 aliphatic rings. The van der Waals surface area contributed by atoms with Gasteiger partial charge in [0, 0.05) is 26.8 Å². The molecule has 0 aromatic rings. The Morgan fingerprint density at radius 3 is 2.42 bits per heavy atom. The smallest absolute Gasteiger partial charge is 0.236 e. The van der Waals surface area contributed by atoms with Gasteiger partial charge in [-0.25, -0.2) is 0 Å². The van der Waals surface area contributed by atoms with Crippen LogP contribution in [0.1, 0.15) is 27.2 Å². The molecule has 0 saturated carbocycles. The van der Waals surface area contributed by atoms with Crippen LogP contribution in [0.5, 0.6) is 0 Å². The highest BCUT2D eigenvalue weighted by molar-refractivity contribution is 5.83. The summed E-state index contributed by atoms with van der Waals surface area (Å²) in [6, 6.07) is -0.372. The molecular weight excluding hydrogens is 246 g/mol. The van der Waals surface area contributed by atoms with Crippen molar-refractivity contribution >= 4 is 11.8 Å². The Hall–Kier alpha value is -1.14. The summed E-state index contributed by atoms with van der Waals surface area (Å²) in [5.41, 5.74) is 0. The van der Waals surface area contributed by atoms with Crippen LogP contribution in [0.15, 0.2) is 0 Å². The molecule has 0 aliphatic heterocycles. The highest BCUT2D eigenvalue weighted by atomic mass is 16.5. The van der Waals surface area contributed by atoms with E-state index in [-0.39, 0.29) is 24.4 Å². The molecule has 0 aromatic carbocycles. The van der Waals surface area contributed by atoms with E-state index < -0.39 is 0 Å². The fourth-order valence-corrected chi connectivity index (χ4v) is 1.30. The third-order valence-electron chi connectivity index (χ3n) is 2.49. The minimum atomic E-state index is -0.372. The molecule has 112 valence electrons. The molecule has 6 heteroatoms. The Labute approximate surface area is 115 Å². The summed E-state index contributed by atoms with van der Waals surface area (Å²) in [5, 5.41) is 8.46. The number of ether oxygens (including phenoxy) is 1. The highest BCUT2D eigenvalue weighted by Gasteiger charge is 2.13. The van der Waals surface area contributed by atoms with Gasteiger partial charge in [-0.15, -0.1) is 0 Å². The average molecular weight is 273 g/mol. The first-order chi connectivity index (χ1) is 8.97. The standard InChI is InChI=1S/C13H27N3O3/c1-10(2)8-16-13(18)11(3)15-9-12(17)14-6-5-7-19-4/h10-11,15H,5-9H2,1-4H3,(H,14,17)(H,16,18). The fourth-order valence-electron chi connectivity index (χ4n) is 1.30. The summed E-state index contributed by atoms with van der Waals surface area (Å²) in [6.45, 7) is 7.81. The minimum absolute atomic E-state index is 0.0825. The van der Waals surface area contributed by atoms with Crippen molar-refractivity contribution in [2.24, 2.45) is 5.92 Å². The van der Waals surface area contributed by atoms with Gasteiger partial charge in [0.05, 0.1) is 12.6 Å². The number of carbonyl (C=O) groups is 2. The number of rotatable bonds is 10. The maximum absolute atomic E-state index is 11.6. The molecule has 0 bridgehead atoms. The number of hydrogen-bond donors (Lipinski definition) is 3. The summed E-state index contributed by atoms with van der Waals surface area (Å²) in [6.07, 6.45) is 0.784. The molecule has 0 radical (unpaired) electrons. The third kappa shape index (κ3) is 10.5. The zero-order valence-corrected chi connectivity index (χ0v) is 12.4. The Balaban J connectivity index is 3.67. The van der Waals surface area contributed by atoms with Crippen LogP contribution in [0.4, 0.5) is 0 Å². The van der Waals surface area contributed by atoms with E-state index in [1.54, 1.807) is 14.0 Å². The van der Waals surface area contributed by atoms with Gasteiger partial charge in [0.25, 0.3) is 0 Å². The molecule has 19 heavy (non-hydrogen) atoms. The second-order valence-electron chi connectivity index (χ2n) is 4.94. The Morgan fingerprint density at radius 1 is 1.16 bits per heavy atom. The molecule has 0 aromatic heterocycles. The van der Waals surface area contributed by atoms with Crippen molar-refractivity contribution in [3.63, 3.8) is 0 Å². The van der Waals surface area contributed by atoms with Crippen molar-refractivity contribution < 1.29 is 14.3 Å². The van der Waals surface area contributed by atoms with Crippen molar-refractivity contribution in [1.82, 2.24) is 16.0 Å². The zero-order chi connectivity index (χ0) is 14.7. The van der Waals surface area contributed by atoms with Crippen molar-refractivity contribution in [2.45, 2.75) is 33.2 Å². The van der Waals surface area contributed by atoms with Crippen molar-refractivity contribution in [2.75, 3.05) is 33.4 Å². The molecule has 1 unspecified atom stereocenters. The van der Waals surface area contributed by atoms with Crippen molar-refractivity contribution in [1.29, 1.82) is 0 Å². The van der Waals surface area contributed by atoms with Crippen LogP contribution in [0.3, 0.4) is 0 Å². The van der Waals surface area contributed by atoms with E-state index in [2.05, 4.69) is 16.0 Å². The van der Waals surface area contributed by atoms with E-state index in [0.717, 1.165) is 6.42 Å². The van der Waals surface area contributed by atoms with E-state index in [1.165, 1.54) is 0 Å². The Kier molecular flexibility index (Phi) is 10.1. The largest absolute Gasteiger partial charge is 0.385 e. The van der Waals surface area contributed by atoms with Crippen molar-refractivity contribution in [3.05, 3.63) is 0 Å². The van der Waals surface area contributed by atoms with Crippen LogP contribution in [-0.2, 0) is 14.3 Å². The van der Waals surface area contributed by atoms with Crippen LogP contribution in [0, 0.1) is 5.92 Å². The Bertz CT molecular complexity index is 270. The predicted octanol–water partition coefficient (Wildman–Crippen LogP) is -0.111. The quantitative estimate of drug-likeness (QED) is 0.485. The first-order valence-corrected chi connectivity index (χ1v) is 6.74. The number of carbonyl (C=O) groups excluding carboxylic acids is 2. The molecule has 6 nitrogen and oxygen atoms in total. The maximum atomic E-state index is 11.6. The summed E-state index contributed by atoms with van der Waals surface area (Å²) >= 11 is 0. The van der Waals surface area contributed by atoms with Crippen LogP contribution >= 0.6 is 0 Å². The van der Waals surface area contributed by atoms with Crippen LogP contribution in [0.2, 0.25) is 0 Å². The van der Waals surface area contributed by atoms with Gasteiger partial charge < -0.3 is 15.4 Å². The first-order valence-electron chi connectivity index (χ1n) is 6.74. The topological polar surface area (TPSA) is 79.5 Å². The van der Waals surface area contributed by atoms with Gasteiger partial charge in [-0.2, -0.15) is 0 Å². The molecule has 0 heterocycles. The van der Waals surface area contributed by atoms with Crippen LogP contribution in [-0.4, -0.2) is 51.2 Å². The molecule has 0 rings (SSSR count). The molecule has 3 N–H and O–H groups in total. The van der Waals surface area contributed by atoms with Gasteiger partial charge >= 0.3 is 0 Å². The maximum Gasteiger partial charge on any atom is 0.236 e. The van der Waals surface area contributed by atoms with Crippen molar-refractivity contribution in [3.8, 4) is 0 Å². The lowest BCUT2D eigenvalue weighted by Gasteiger charge is -2.15. The average Bonchev–Trinajstić information content (AvgIpc) is 2.38. The van der Waals surface area contributed by atoms with E-state index in [9.17, 15) is 9.59 Å². The van der Waals surface area contributed by atoms with Gasteiger partial charge in [-0.05, 0) is 19.3 Å². The predicted molar refractivity (Wildman–Crippen MR) is 74.8 cm³/mol. The van der Waals surface area contributed by atoms with Gasteiger partial charge in [-0.1, -0.05) is 13.8 Å². The molecule has 2 amide bonds. The van der Waals surface area contributed by atoms with E-state index in [4.69, 9.17) is 4.74 Å². The molecule has 1 atom stereocenters. The molecule has 0 spiro atoms. The van der Waals surface area contributed by atoms with Gasteiger partial charge in [-0.3, -0.25) is 14.9 Å². The van der Waals surface area contributed by atoms with Crippen LogP contribution in [0.25, 0.3) is 0 Å².